The van der Waals surface area contributed by atoms with Crippen LogP contribution < -0.4 is 21.3 Å². The van der Waals surface area contributed by atoms with Gasteiger partial charge in [-0.1, -0.05) is 17.3 Å². The van der Waals surface area contributed by atoms with E-state index in [1.807, 2.05) is 31.3 Å². The smallest absolute Gasteiger partial charge is 0.236 e. The average molecular weight is 743 g/mol. The lowest BCUT2D eigenvalue weighted by molar-refractivity contribution is -0.137. The number of hydrogen-bond acceptors (Lipinski definition) is 13. The lowest BCUT2D eigenvalue weighted by atomic mass is 9.75. The Labute approximate surface area is 319 Å². The number of carbonyl (C=O) groups is 2. The molecule has 6 heterocycles. The Kier molecular flexibility index (Phi) is 9.87. The van der Waals surface area contributed by atoms with E-state index in [4.69, 9.17) is 5.73 Å². The van der Waals surface area contributed by atoms with Crippen LogP contribution in [-0.2, 0) is 15.0 Å². The number of nitriles is 1. The Hall–Kier alpha value is -5.95. The summed E-state index contributed by atoms with van der Waals surface area (Å²) in [5.41, 5.74) is 10.2. The van der Waals surface area contributed by atoms with Crippen LogP contribution in [0.2, 0.25) is 0 Å². The minimum absolute atomic E-state index is 0.144. The van der Waals surface area contributed by atoms with Gasteiger partial charge < -0.3 is 16.0 Å². The van der Waals surface area contributed by atoms with E-state index in [9.17, 15) is 14.9 Å². The van der Waals surface area contributed by atoms with Crippen molar-refractivity contribution in [2.45, 2.75) is 76.2 Å². The average Bonchev–Trinajstić information content (AvgIpc) is 3.87. The second-order valence-corrected chi connectivity index (χ2v) is 15.3. The molecule has 0 radical (unpaired) electrons. The second kappa shape index (κ2) is 15.1. The van der Waals surface area contributed by atoms with Gasteiger partial charge in [-0.3, -0.25) is 19.8 Å². The topological polar surface area (TPSA) is 202 Å². The van der Waals surface area contributed by atoms with E-state index in [0.29, 0.717) is 47.5 Å². The van der Waals surface area contributed by atoms with E-state index >= 15 is 0 Å². The molecule has 0 bridgehead atoms. The zero-order valence-electron chi connectivity index (χ0n) is 31.2. The van der Waals surface area contributed by atoms with E-state index in [1.54, 1.807) is 34.9 Å². The van der Waals surface area contributed by atoms with Gasteiger partial charge in [0.25, 0.3) is 0 Å². The van der Waals surface area contributed by atoms with Crippen molar-refractivity contribution in [1.29, 1.82) is 5.26 Å². The summed E-state index contributed by atoms with van der Waals surface area (Å²) in [4.78, 5) is 42.3. The number of nitrogens with one attached hydrogen (secondary N) is 2. The summed E-state index contributed by atoms with van der Waals surface area (Å²) >= 11 is 0. The maximum atomic E-state index is 12.6. The fraction of sp³-hybridized carbons (Fsp3) is 0.462. The number of rotatable bonds is 10. The summed E-state index contributed by atoms with van der Waals surface area (Å²) in [6.07, 6.45) is 13.6. The quantitative estimate of drug-likeness (QED) is 0.174. The summed E-state index contributed by atoms with van der Waals surface area (Å²) in [5.74, 6) is 1.30. The standard InChI is InChI=1S/C39H46N14O2/c1-25(20-40)45-31-19-34(53-36-28(22-44-53)21-43-38(41)47-36)42-23-33(31)52-24-32(48-49-52)27-5-3-26(4-6-27)12-14-50-15-17-51(18-16-50)30-9-7-29(8-10-30)39(2)13-11-35(54)46-37(39)55/h7-10,19,21-27H,3-6,11-18H2,1-2H3,(H,42,45)(H2,41,43,47)(H,46,54,55)/t25-,26?,27?,39-/m1/s1. The van der Waals surface area contributed by atoms with Crippen LogP contribution in [0.5, 0.6) is 0 Å². The van der Waals surface area contributed by atoms with Crippen molar-refractivity contribution in [3.8, 4) is 17.6 Å². The van der Waals surface area contributed by atoms with Crippen LogP contribution in [0, 0.1) is 17.2 Å². The van der Waals surface area contributed by atoms with Crippen LogP contribution in [0.25, 0.3) is 22.5 Å². The van der Waals surface area contributed by atoms with Crippen molar-refractivity contribution < 1.29 is 9.59 Å². The number of hydrogen-bond donors (Lipinski definition) is 3. The van der Waals surface area contributed by atoms with E-state index in [-0.39, 0.29) is 17.8 Å². The van der Waals surface area contributed by atoms with E-state index < -0.39 is 11.5 Å². The van der Waals surface area contributed by atoms with Crippen LogP contribution in [0.4, 0.5) is 17.3 Å². The van der Waals surface area contributed by atoms with Gasteiger partial charge in [0.05, 0.1) is 46.8 Å². The highest BCUT2D eigenvalue weighted by Gasteiger charge is 2.40. The lowest BCUT2D eigenvalue weighted by Crippen LogP contribution is -2.49. The van der Waals surface area contributed by atoms with Crippen LogP contribution in [-0.4, -0.2) is 95.2 Å². The van der Waals surface area contributed by atoms with Gasteiger partial charge in [-0.15, -0.1) is 5.10 Å². The molecule has 16 heteroatoms. The number of pyridine rings is 1. The predicted molar refractivity (Wildman–Crippen MR) is 207 cm³/mol. The minimum atomic E-state index is -0.668. The molecule has 2 atom stereocenters. The highest BCUT2D eigenvalue weighted by Crippen LogP contribution is 2.37. The molecule has 2 amide bonds. The van der Waals surface area contributed by atoms with Crippen LogP contribution in [0.15, 0.2) is 55.1 Å². The first-order chi connectivity index (χ1) is 26.7. The highest BCUT2D eigenvalue weighted by molar-refractivity contribution is 6.03. The van der Waals surface area contributed by atoms with Gasteiger partial charge in [-0.2, -0.15) is 20.0 Å². The molecular formula is C39H46N14O2. The summed E-state index contributed by atoms with van der Waals surface area (Å²) in [6.45, 7) is 8.84. The zero-order valence-corrected chi connectivity index (χ0v) is 31.2. The van der Waals surface area contributed by atoms with Crippen molar-refractivity contribution in [2.75, 3.05) is 48.7 Å². The maximum Gasteiger partial charge on any atom is 0.236 e. The molecule has 3 aliphatic rings. The SMILES string of the molecule is C[C@H](C#N)Nc1cc(-n2ncc3cnc(N)nc32)ncc1-n1cc(C2CCC(CCN3CCN(c4ccc([C@@]5(C)CCC(=O)NC5=O)cc4)CC3)CC2)nn1. The third-order valence-electron chi connectivity index (χ3n) is 11.7. The van der Waals surface area contributed by atoms with Gasteiger partial charge >= 0.3 is 0 Å². The molecule has 4 N–H and O–H groups in total. The van der Waals surface area contributed by atoms with Gasteiger partial charge in [-0.25, -0.2) is 14.6 Å². The summed E-state index contributed by atoms with van der Waals surface area (Å²) in [5, 5.41) is 29.6. The molecule has 3 fully saturated rings. The number of benzene rings is 1. The van der Waals surface area contributed by atoms with Crippen LogP contribution in [0.1, 0.15) is 76.0 Å². The van der Waals surface area contributed by atoms with E-state index in [2.05, 4.69) is 69.0 Å². The third-order valence-corrected chi connectivity index (χ3v) is 11.7. The molecule has 2 saturated heterocycles. The molecule has 2 aliphatic heterocycles. The van der Waals surface area contributed by atoms with E-state index in [0.717, 1.165) is 62.2 Å². The second-order valence-electron chi connectivity index (χ2n) is 15.3. The zero-order chi connectivity index (χ0) is 38.1. The highest BCUT2D eigenvalue weighted by atomic mass is 16.2. The molecular weight excluding hydrogens is 697 g/mol. The number of nitrogens with two attached hydrogens (primary N) is 1. The number of piperidine rings is 1. The van der Waals surface area contributed by atoms with Crippen molar-refractivity contribution >= 4 is 40.2 Å². The Morgan fingerprint density at radius 3 is 2.58 bits per heavy atom. The van der Waals surface area contributed by atoms with Crippen molar-refractivity contribution in [3.63, 3.8) is 0 Å². The van der Waals surface area contributed by atoms with Crippen molar-refractivity contribution in [3.05, 3.63) is 66.4 Å². The van der Waals surface area contributed by atoms with Crippen molar-refractivity contribution in [2.24, 2.45) is 5.92 Å². The van der Waals surface area contributed by atoms with E-state index in [1.165, 1.54) is 24.9 Å². The number of amides is 2. The number of imide groups is 1. The third kappa shape index (κ3) is 7.44. The molecule has 16 nitrogen and oxygen atoms in total. The minimum Gasteiger partial charge on any atom is -0.369 e. The van der Waals surface area contributed by atoms with Crippen LogP contribution >= 0.6 is 0 Å². The number of nitrogens with zero attached hydrogens (tertiary/aromatic N) is 11. The molecule has 1 saturated carbocycles. The monoisotopic (exact) mass is 742 g/mol. The molecule has 1 aliphatic carbocycles. The maximum absolute atomic E-state index is 12.6. The number of carbonyl (C=O) groups excluding carboxylic acids is 2. The largest absolute Gasteiger partial charge is 0.369 e. The summed E-state index contributed by atoms with van der Waals surface area (Å²) in [7, 11) is 0. The fourth-order valence-corrected chi connectivity index (χ4v) is 8.16. The number of aromatic nitrogens is 8. The fourth-order valence-electron chi connectivity index (χ4n) is 8.16. The molecule has 5 aromatic rings. The summed E-state index contributed by atoms with van der Waals surface area (Å²) < 4.78 is 3.33. The number of piperazine rings is 1. The van der Waals surface area contributed by atoms with Gasteiger partial charge in [0.2, 0.25) is 17.8 Å². The first-order valence-electron chi connectivity index (χ1n) is 19.1. The predicted octanol–water partition coefficient (Wildman–Crippen LogP) is 3.88. The molecule has 4 aromatic heterocycles. The van der Waals surface area contributed by atoms with Gasteiger partial charge in [-0.05, 0) is 82.5 Å². The molecule has 55 heavy (non-hydrogen) atoms. The Bertz CT molecular complexity index is 2230. The first-order valence-corrected chi connectivity index (χ1v) is 19.1. The van der Waals surface area contributed by atoms with Crippen molar-refractivity contribution in [1.82, 2.24) is 49.9 Å². The van der Waals surface area contributed by atoms with Gasteiger partial charge in [0, 0.05) is 56.5 Å². The first kappa shape index (κ1) is 36.0. The Morgan fingerprint density at radius 1 is 1.05 bits per heavy atom. The van der Waals surface area contributed by atoms with Crippen LogP contribution in [0.3, 0.4) is 0 Å². The van der Waals surface area contributed by atoms with Gasteiger partial charge in [0.1, 0.15) is 11.7 Å². The van der Waals surface area contributed by atoms with Gasteiger partial charge in [0.15, 0.2) is 11.5 Å². The molecule has 8 rings (SSSR count). The molecule has 0 unspecified atom stereocenters. The summed E-state index contributed by atoms with van der Waals surface area (Å²) in [6, 6.07) is 11.9. The molecule has 0 spiro atoms. The molecule has 284 valence electrons. The number of nitrogen functional groups attached to an aromatic ring is 1. The molecule has 1 aromatic carbocycles. The Morgan fingerprint density at radius 2 is 1.84 bits per heavy atom. The Balaban J connectivity index is 0.835. The lowest BCUT2D eigenvalue weighted by Gasteiger charge is -2.37. The number of anilines is 3. The number of fused-ring (bicyclic) bond motifs is 1. The normalized spacial score (nSPS) is 22.7.